The Labute approximate surface area is 207 Å². The minimum absolute atomic E-state index is 0.0850. The highest BCUT2D eigenvalue weighted by molar-refractivity contribution is 6.32. The second kappa shape index (κ2) is 10.7. The molecule has 4 rings (SSSR count). The van der Waals surface area contributed by atoms with Gasteiger partial charge in [0.05, 0.1) is 23.7 Å². The molecule has 0 radical (unpaired) electrons. The Kier molecular flexibility index (Phi) is 7.45. The van der Waals surface area contributed by atoms with E-state index in [1.165, 1.54) is 7.11 Å². The second-order valence-corrected chi connectivity index (χ2v) is 8.60. The van der Waals surface area contributed by atoms with Crippen LogP contribution in [0.25, 0.3) is 0 Å². The number of benzene rings is 3. The molecule has 0 bridgehead atoms. The maximum atomic E-state index is 12.7. The van der Waals surface area contributed by atoms with E-state index in [0.29, 0.717) is 33.8 Å². The molecule has 2 N–H and O–H groups in total. The predicted octanol–water partition coefficient (Wildman–Crippen LogP) is 5.08. The number of anilines is 2. The summed E-state index contributed by atoms with van der Waals surface area (Å²) in [5, 5.41) is 0.961. The van der Waals surface area contributed by atoms with Crippen molar-refractivity contribution in [1.82, 2.24) is 5.43 Å². The molecular formula is C25H23Cl2N3O4. The molecule has 7 nitrogen and oxygen atoms in total. The molecule has 0 aromatic heterocycles. The van der Waals surface area contributed by atoms with E-state index in [1.807, 2.05) is 42.5 Å². The van der Waals surface area contributed by atoms with Crippen LogP contribution in [0.4, 0.5) is 11.4 Å². The minimum atomic E-state index is -0.473. The van der Waals surface area contributed by atoms with Crippen LogP contribution in [0.3, 0.4) is 0 Å². The van der Waals surface area contributed by atoms with Gasteiger partial charge >= 0.3 is 0 Å². The molecule has 1 atom stereocenters. The first kappa shape index (κ1) is 23.7. The number of halogens is 2. The van der Waals surface area contributed by atoms with Crippen molar-refractivity contribution < 1.29 is 19.1 Å². The van der Waals surface area contributed by atoms with E-state index in [9.17, 15) is 9.59 Å². The van der Waals surface area contributed by atoms with Crippen LogP contribution in [0.15, 0.2) is 66.7 Å². The first-order valence-electron chi connectivity index (χ1n) is 10.6. The van der Waals surface area contributed by atoms with Crippen molar-refractivity contribution >= 4 is 46.4 Å². The monoisotopic (exact) mass is 499 g/mol. The van der Waals surface area contributed by atoms with Gasteiger partial charge in [0.15, 0.2) is 11.5 Å². The van der Waals surface area contributed by atoms with Crippen LogP contribution in [-0.4, -0.2) is 25.5 Å². The summed E-state index contributed by atoms with van der Waals surface area (Å²) < 4.78 is 11.3. The third-order valence-corrected chi connectivity index (χ3v) is 5.95. The number of carbonyl (C=O) groups is 2. The van der Waals surface area contributed by atoms with Crippen LogP contribution in [0.2, 0.25) is 10.0 Å². The molecule has 1 saturated heterocycles. The number of carbonyl (C=O) groups excluding carboxylic acids is 2. The lowest BCUT2D eigenvalue weighted by molar-refractivity contribution is -0.125. The number of hydrogen-bond donors (Lipinski definition) is 2. The van der Waals surface area contributed by atoms with E-state index in [2.05, 4.69) is 10.9 Å². The highest BCUT2D eigenvalue weighted by atomic mass is 35.5. The van der Waals surface area contributed by atoms with Gasteiger partial charge in [0.2, 0.25) is 11.8 Å². The lowest BCUT2D eigenvalue weighted by atomic mass is 10.1. The van der Waals surface area contributed by atoms with Gasteiger partial charge in [-0.15, -0.1) is 0 Å². The van der Waals surface area contributed by atoms with Crippen LogP contribution in [0.1, 0.15) is 12.0 Å². The number of hydrogen-bond acceptors (Lipinski definition) is 5. The normalized spacial score (nSPS) is 15.2. The topological polar surface area (TPSA) is 79.9 Å². The molecule has 3 aromatic carbocycles. The number of nitrogens with zero attached hydrogens (tertiary/aromatic N) is 1. The van der Waals surface area contributed by atoms with Crippen LogP contribution in [-0.2, 0) is 16.2 Å². The molecule has 9 heteroatoms. The zero-order chi connectivity index (χ0) is 24.1. The number of amides is 2. The van der Waals surface area contributed by atoms with E-state index in [0.717, 1.165) is 11.3 Å². The molecule has 1 aliphatic rings. The lowest BCUT2D eigenvalue weighted by Crippen LogP contribution is -2.36. The maximum Gasteiger partial charge on any atom is 0.243 e. The van der Waals surface area contributed by atoms with E-state index in [4.69, 9.17) is 32.7 Å². The Morgan fingerprint density at radius 2 is 1.82 bits per heavy atom. The summed E-state index contributed by atoms with van der Waals surface area (Å²) in [7, 11) is 1.51. The number of hydrazine groups is 1. The standard InChI is InChI=1S/C25H23Cl2N3O4/c1-33-22-13-19(12-21(27)24(22)34-15-16-7-9-18(26)10-8-16)28-29-25(32)17-11-23(31)30(14-17)20-5-3-2-4-6-20/h2-10,12-13,17,28H,11,14-15H2,1H3,(H,29,32)/t17-/m0/s1. The van der Waals surface area contributed by atoms with Gasteiger partial charge in [0.25, 0.3) is 0 Å². The van der Waals surface area contributed by atoms with Gasteiger partial charge in [-0.1, -0.05) is 53.5 Å². The van der Waals surface area contributed by atoms with Crippen LogP contribution < -0.4 is 25.2 Å². The Bertz CT molecular complexity index is 1170. The van der Waals surface area contributed by atoms with Crippen molar-refractivity contribution in [1.29, 1.82) is 0 Å². The average molecular weight is 500 g/mol. The van der Waals surface area contributed by atoms with Gasteiger partial charge in [-0.25, -0.2) is 0 Å². The molecule has 0 aliphatic carbocycles. The highest BCUT2D eigenvalue weighted by Gasteiger charge is 2.35. The second-order valence-electron chi connectivity index (χ2n) is 7.76. The van der Waals surface area contributed by atoms with E-state index in [-0.39, 0.29) is 24.8 Å². The molecule has 2 amide bonds. The molecule has 1 heterocycles. The van der Waals surface area contributed by atoms with Gasteiger partial charge in [0.1, 0.15) is 6.61 Å². The Balaban J connectivity index is 1.37. The molecule has 3 aromatic rings. The van der Waals surface area contributed by atoms with Gasteiger partial charge < -0.3 is 14.4 Å². The average Bonchev–Trinajstić information content (AvgIpc) is 3.24. The number of methoxy groups -OCH3 is 1. The first-order valence-corrected chi connectivity index (χ1v) is 11.4. The van der Waals surface area contributed by atoms with Crippen molar-refractivity contribution in [3.8, 4) is 11.5 Å². The van der Waals surface area contributed by atoms with Crippen molar-refractivity contribution in [3.63, 3.8) is 0 Å². The summed E-state index contributed by atoms with van der Waals surface area (Å²) >= 11 is 12.3. The van der Waals surface area contributed by atoms with E-state index in [1.54, 1.807) is 29.2 Å². The van der Waals surface area contributed by atoms with Crippen LogP contribution in [0.5, 0.6) is 11.5 Å². The summed E-state index contributed by atoms with van der Waals surface area (Å²) in [4.78, 5) is 26.7. The molecule has 1 fully saturated rings. The summed E-state index contributed by atoms with van der Waals surface area (Å²) in [6.45, 7) is 0.600. The summed E-state index contributed by atoms with van der Waals surface area (Å²) in [6, 6.07) is 19.9. The molecule has 34 heavy (non-hydrogen) atoms. The van der Waals surface area contributed by atoms with Crippen LogP contribution >= 0.6 is 23.2 Å². The largest absolute Gasteiger partial charge is 0.493 e. The van der Waals surface area contributed by atoms with Gasteiger partial charge in [0, 0.05) is 29.7 Å². The van der Waals surface area contributed by atoms with Crippen molar-refractivity contribution in [2.45, 2.75) is 13.0 Å². The number of nitrogens with one attached hydrogen (secondary N) is 2. The zero-order valence-electron chi connectivity index (χ0n) is 18.4. The SMILES string of the molecule is COc1cc(NNC(=O)[C@H]2CC(=O)N(c3ccccc3)C2)cc(Cl)c1OCc1ccc(Cl)cc1. The Morgan fingerprint density at radius 3 is 2.53 bits per heavy atom. The predicted molar refractivity (Wildman–Crippen MR) is 132 cm³/mol. The summed E-state index contributed by atoms with van der Waals surface area (Å²) in [5.74, 6) is -0.0526. The molecule has 0 unspecified atom stereocenters. The number of rotatable bonds is 8. The third kappa shape index (κ3) is 5.55. The van der Waals surface area contributed by atoms with Gasteiger partial charge in [-0.05, 0) is 35.9 Å². The summed E-state index contributed by atoms with van der Waals surface area (Å²) in [5.41, 5.74) is 7.72. The first-order chi connectivity index (χ1) is 16.4. The maximum absolute atomic E-state index is 12.7. The van der Waals surface area contributed by atoms with E-state index >= 15 is 0 Å². The van der Waals surface area contributed by atoms with Crippen LogP contribution in [0, 0.1) is 5.92 Å². The molecule has 1 aliphatic heterocycles. The molecule has 0 spiro atoms. The quantitative estimate of drug-likeness (QED) is 0.422. The molecular weight excluding hydrogens is 477 g/mol. The Morgan fingerprint density at radius 1 is 1.09 bits per heavy atom. The van der Waals surface area contributed by atoms with Crippen molar-refractivity contribution in [2.75, 3.05) is 24.0 Å². The highest BCUT2D eigenvalue weighted by Crippen LogP contribution is 2.38. The molecule has 176 valence electrons. The fourth-order valence-electron chi connectivity index (χ4n) is 3.64. The number of para-hydroxylation sites is 1. The van der Waals surface area contributed by atoms with E-state index < -0.39 is 5.92 Å². The fourth-order valence-corrected chi connectivity index (χ4v) is 4.04. The molecule has 0 saturated carbocycles. The van der Waals surface area contributed by atoms with Crippen molar-refractivity contribution in [3.05, 3.63) is 82.3 Å². The summed E-state index contributed by atoms with van der Waals surface area (Å²) in [6.07, 6.45) is 0.143. The Hall–Kier alpha value is -3.42. The third-order valence-electron chi connectivity index (χ3n) is 5.42. The van der Waals surface area contributed by atoms with Gasteiger partial charge in [-0.2, -0.15) is 0 Å². The number of ether oxygens (including phenoxy) is 2. The zero-order valence-corrected chi connectivity index (χ0v) is 19.9. The van der Waals surface area contributed by atoms with Crippen molar-refractivity contribution in [2.24, 2.45) is 5.92 Å². The van der Waals surface area contributed by atoms with Gasteiger partial charge in [-0.3, -0.25) is 20.4 Å². The fraction of sp³-hybridized carbons (Fsp3) is 0.200. The lowest BCUT2D eigenvalue weighted by Gasteiger charge is -2.18. The minimum Gasteiger partial charge on any atom is -0.493 e. The smallest absolute Gasteiger partial charge is 0.243 e.